The highest BCUT2D eigenvalue weighted by atomic mass is 32.2. The lowest BCUT2D eigenvalue weighted by molar-refractivity contribution is -0.120. The van der Waals surface area contributed by atoms with Gasteiger partial charge in [-0.1, -0.05) is 24.3 Å². The second-order valence-electron chi connectivity index (χ2n) is 3.96. The predicted molar refractivity (Wildman–Crippen MR) is 81.8 cm³/mol. The van der Waals surface area contributed by atoms with E-state index < -0.39 is 0 Å². The van der Waals surface area contributed by atoms with E-state index in [1.165, 1.54) is 6.21 Å². The zero-order valence-corrected chi connectivity index (χ0v) is 11.7. The molecule has 0 atom stereocenters. The van der Waals surface area contributed by atoms with Crippen LogP contribution in [0.4, 0.5) is 0 Å². The summed E-state index contributed by atoms with van der Waals surface area (Å²) in [7, 11) is 0. The molecule has 1 amide bonds. The number of thioether (sulfide) groups is 1. The van der Waals surface area contributed by atoms with Crippen LogP contribution in [0.25, 0.3) is 0 Å². The molecule has 2 aromatic rings. The van der Waals surface area contributed by atoms with Crippen LogP contribution in [-0.4, -0.2) is 22.9 Å². The molecule has 1 aromatic carbocycles. The lowest BCUT2D eigenvalue weighted by atomic mass is 10.4. The summed E-state index contributed by atoms with van der Waals surface area (Å²) in [5, 5.41) is 3.87. The number of hydrazone groups is 1. The second kappa shape index (κ2) is 8.12. The Bertz CT molecular complexity index is 558. The quantitative estimate of drug-likeness (QED) is 0.504. The van der Waals surface area contributed by atoms with E-state index in [1.807, 2.05) is 48.5 Å². The van der Waals surface area contributed by atoms with Gasteiger partial charge in [-0.15, -0.1) is 11.8 Å². The summed E-state index contributed by atoms with van der Waals surface area (Å²) in [5.74, 6) is 0.634. The molecule has 1 aromatic heterocycles. The maximum absolute atomic E-state index is 11.6. The van der Waals surface area contributed by atoms with Crippen molar-refractivity contribution in [3.63, 3.8) is 0 Å². The first kappa shape index (κ1) is 14.3. The van der Waals surface area contributed by atoms with Gasteiger partial charge in [0.05, 0.1) is 11.9 Å². The molecule has 0 radical (unpaired) electrons. The molecule has 1 heterocycles. The number of nitrogens with one attached hydrogen (secondary N) is 1. The molecule has 0 spiro atoms. The van der Waals surface area contributed by atoms with E-state index in [2.05, 4.69) is 15.5 Å². The summed E-state index contributed by atoms with van der Waals surface area (Å²) in [6, 6.07) is 15.5. The Hall–Kier alpha value is -2.14. The van der Waals surface area contributed by atoms with Crippen molar-refractivity contribution in [2.45, 2.75) is 11.3 Å². The average molecular weight is 285 g/mol. The predicted octanol–water partition coefficient (Wildman–Crippen LogP) is 2.71. The van der Waals surface area contributed by atoms with E-state index in [1.54, 1.807) is 18.0 Å². The van der Waals surface area contributed by atoms with Crippen LogP contribution < -0.4 is 5.43 Å². The Labute approximate surface area is 122 Å². The van der Waals surface area contributed by atoms with Gasteiger partial charge < -0.3 is 0 Å². The fraction of sp³-hybridized carbons (Fsp3) is 0.133. The molecule has 0 bridgehead atoms. The molecule has 2 rings (SSSR count). The van der Waals surface area contributed by atoms with Crippen molar-refractivity contribution in [2.24, 2.45) is 5.10 Å². The molecule has 0 unspecified atom stereocenters. The van der Waals surface area contributed by atoms with Gasteiger partial charge in [0.2, 0.25) is 5.91 Å². The maximum Gasteiger partial charge on any atom is 0.240 e. The summed E-state index contributed by atoms with van der Waals surface area (Å²) < 4.78 is 0. The van der Waals surface area contributed by atoms with Crippen LogP contribution in [0.2, 0.25) is 0 Å². The normalized spacial score (nSPS) is 10.6. The fourth-order valence-corrected chi connectivity index (χ4v) is 2.33. The smallest absolute Gasteiger partial charge is 0.240 e. The topological polar surface area (TPSA) is 54.4 Å². The summed E-state index contributed by atoms with van der Waals surface area (Å²) in [4.78, 5) is 16.8. The van der Waals surface area contributed by atoms with Crippen LogP contribution in [0.5, 0.6) is 0 Å². The van der Waals surface area contributed by atoms with Gasteiger partial charge in [0.15, 0.2) is 0 Å². The average Bonchev–Trinajstić information content (AvgIpc) is 2.49. The summed E-state index contributed by atoms with van der Waals surface area (Å²) in [5.41, 5.74) is 3.21. The third-order valence-electron chi connectivity index (χ3n) is 2.41. The molecule has 4 nitrogen and oxygen atoms in total. The van der Waals surface area contributed by atoms with Gasteiger partial charge in [0, 0.05) is 23.3 Å². The van der Waals surface area contributed by atoms with Gasteiger partial charge in [-0.25, -0.2) is 5.43 Å². The molecule has 1 N–H and O–H groups in total. The standard InChI is InChI=1S/C15H15N3OS/c19-15(9-11-20-14-7-2-1-3-8-14)18-17-12-13-6-4-5-10-16-13/h1-8,10,12H,9,11H2,(H,18,19)/b17-12-. The van der Waals surface area contributed by atoms with E-state index in [0.717, 1.165) is 10.6 Å². The van der Waals surface area contributed by atoms with E-state index in [9.17, 15) is 4.79 Å². The van der Waals surface area contributed by atoms with E-state index >= 15 is 0 Å². The highest BCUT2D eigenvalue weighted by Gasteiger charge is 2.00. The Balaban J connectivity index is 1.67. The Morgan fingerprint density at radius 3 is 2.75 bits per heavy atom. The number of carbonyl (C=O) groups is 1. The molecule has 20 heavy (non-hydrogen) atoms. The summed E-state index contributed by atoms with van der Waals surface area (Å²) >= 11 is 1.65. The van der Waals surface area contributed by atoms with Crippen LogP contribution >= 0.6 is 11.8 Å². The number of pyridine rings is 1. The lowest BCUT2D eigenvalue weighted by Gasteiger charge is -2.00. The first-order valence-corrected chi connectivity index (χ1v) is 7.24. The number of rotatable bonds is 6. The molecule has 0 fully saturated rings. The minimum absolute atomic E-state index is 0.0967. The van der Waals surface area contributed by atoms with Crippen molar-refractivity contribution >= 4 is 23.9 Å². The molecule has 102 valence electrons. The number of hydrogen-bond acceptors (Lipinski definition) is 4. The molecule has 0 aliphatic carbocycles. The summed E-state index contributed by atoms with van der Waals surface area (Å²) in [6.07, 6.45) is 3.64. The van der Waals surface area contributed by atoms with Gasteiger partial charge in [-0.2, -0.15) is 5.10 Å². The van der Waals surface area contributed by atoms with Gasteiger partial charge in [-0.3, -0.25) is 9.78 Å². The third-order valence-corrected chi connectivity index (χ3v) is 3.43. The first-order valence-electron chi connectivity index (χ1n) is 6.25. The van der Waals surface area contributed by atoms with E-state index in [0.29, 0.717) is 12.1 Å². The molecule has 0 saturated heterocycles. The number of nitrogens with zero attached hydrogens (tertiary/aromatic N) is 2. The molecule has 0 aliphatic rings. The maximum atomic E-state index is 11.6. The van der Waals surface area contributed by atoms with Gasteiger partial charge in [-0.05, 0) is 24.3 Å². The van der Waals surface area contributed by atoms with Crippen LogP contribution in [0, 0.1) is 0 Å². The minimum atomic E-state index is -0.0967. The van der Waals surface area contributed by atoms with Crippen LogP contribution in [-0.2, 0) is 4.79 Å². The Morgan fingerprint density at radius 1 is 1.20 bits per heavy atom. The SMILES string of the molecule is O=C(CCSc1ccccc1)N/N=C\c1ccccn1. The molecular formula is C15H15N3OS. The Kier molecular flexibility index (Phi) is 5.79. The number of carbonyl (C=O) groups excluding carboxylic acids is 1. The lowest BCUT2D eigenvalue weighted by Crippen LogP contribution is -2.17. The largest absolute Gasteiger partial charge is 0.273 e. The second-order valence-corrected chi connectivity index (χ2v) is 5.13. The van der Waals surface area contributed by atoms with Crippen molar-refractivity contribution in [3.05, 3.63) is 60.4 Å². The van der Waals surface area contributed by atoms with Crippen LogP contribution in [0.15, 0.2) is 64.7 Å². The van der Waals surface area contributed by atoms with Gasteiger partial charge in [0.1, 0.15) is 0 Å². The highest BCUT2D eigenvalue weighted by Crippen LogP contribution is 2.17. The molecule has 0 saturated carbocycles. The Morgan fingerprint density at radius 2 is 2.00 bits per heavy atom. The molecule has 0 aliphatic heterocycles. The third kappa shape index (κ3) is 5.24. The van der Waals surface area contributed by atoms with Gasteiger partial charge in [0.25, 0.3) is 0 Å². The fourth-order valence-electron chi connectivity index (χ4n) is 1.46. The summed E-state index contributed by atoms with van der Waals surface area (Å²) in [6.45, 7) is 0. The van der Waals surface area contributed by atoms with E-state index in [-0.39, 0.29) is 5.91 Å². The van der Waals surface area contributed by atoms with Crippen molar-refractivity contribution in [3.8, 4) is 0 Å². The number of hydrogen-bond donors (Lipinski definition) is 1. The van der Waals surface area contributed by atoms with Crippen molar-refractivity contribution in [2.75, 3.05) is 5.75 Å². The highest BCUT2D eigenvalue weighted by molar-refractivity contribution is 7.99. The zero-order valence-electron chi connectivity index (χ0n) is 10.9. The van der Waals surface area contributed by atoms with Crippen molar-refractivity contribution in [1.29, 1.82) is 0 Å². The molecular weight excluding hydrogens is 270 g/mol. The minimum Gasteiger partial charge on any atom is -0.273 e. The monoisotopic (exact) mass is 285 g/mol. The van der Waals surface area contributed by atoms with Crippen LogP contribution in [0.3, 0.4) is 0 Å². The first-order chi connectivity index (χ1) is 9.84. The van der Waals surface area contributed by atoms with Crippen molar-refractivity contribution in [1.82, 2.24) is 10.4 Å². The van der Waals surface area contributed by atoms with E-state index in [4.69, 9.17) is 0 Å². The zero-order chi connectivity index (χ0) is 14.0. The van der Waals surface area contributed by atoms with Crippen LogP contribution in [0.1, 0.15) is 12.1 Å². The number of aromatic nitrogens is 1. The van der Waals surface area contributed by atoms with Crippen molar-refractivity contribution < 1.29 is 4.79 Å². The number of amides is 1. The number of benzene rings is 1. The molecule has 5 heteroatoms. The van der Waals surface area contributed by atoms with Gasteiger partial charge >= 0.3 is 0 Å².